The molecule has 0 aliphatic carbocycles. The molecule has 0 saturated carbocycles. The number of esters is 1. The zero-order valence-electron chi connectivity index (χ0n) is 13.3. The van der Waals surface area contributed by atoms with Crippen molar-refractivity contribution in [2.45, 2.75) is 44.6 Å². The van der Waals surface area contributed by atoms with Gasteiger partial charge < -0.3 is 29.2 Å². The molecule has 1 saturated heterocycles. The largest absolute Gasteiger partial charge is 0.482 e. The molecular weight excluding hydrogens is 340 g/mol. The lowest BCUT2D eigenvalue weighted by molar-refractivity contribution is -0.221. The molecular formula is C16H21ClO7. The third-order valence-corrected chi connectivity index (χ3v) is 3.58. The molecule has 134 valence electrons. The number of aliphatic hydroxyl groups excluding tert-OH is 2. The molecule has 0 aromatic heterocycles. The minimum Gasteiger partial charge on any atom is -0.482 e. The van der Waals surface area contributed by atoms with Gasteiger partial charge >= 0.3 is 5.97 Å². The first kappa shape index (κ1) is 19.0. The quantitative estimate of drug-likeness (QED) is 0.561. The van der Waals surface area contributed by atoms with Crippen LogP contribution in [0.4, 0.5) is 0 Å². The summed E-state index contributed by atoms with van der Waals surface area (Å²) in [5.41, 5.74) is 0. The van der Waals surface area contributed by atoms with E-state index in [1.54, 1.807) is 24.3 Å². The van der Waals surface area contributed by atoms with Gasteiger partial charge in [-0.05, 0) is 31.2 Å². The predicted octanol–water partition coefficient (Wildman–Crippen LogP) is 1.48. The second-order valence-electron chi connectivity index (χ2n) is 5.47. The third kappa shape index (κ3) is 6.62. The Bertz CT molecular complexity index is 520. The van der Waals surface area contributed by atoms with Crippen LogP contribution in [0.25, 0.3) is 0 Å². The number of halogens is 1. The first-order valence-corrected chi connectivity index (χ1v) is 8.01. The molecule has 2 N–H and O–H groups in total. The average Bonchev–Trinajstić information content (AvgIpc) is 2.52. The van der Waals surface area contributed by atoms with Gasteiger partial charge in [-0.1, -0.05) is 11.6 Å². The van der Waals surface area contributed by atoms with E-state index in [0.717, 1.165) is 0 Å². The lowest BCUT2D eigenvalue weighted by atomic mass is 10.1. The highest BCUT2D eigenvalue weighted by atomic mass is 35.5. The van der Waals surface area contributed by atoms with Gasteiger partial charge in [-0.3, -0.25) is 0 Å². The van der Waals surface area contributed by atoms with Crippen LogP contribution < -0.4 is 4.74 Å². The molecule has 24 heavy (non-hydrogen) atoms. The Morgan fingerprint density at radius 1 is 1.38 bits per heavy atom. The van der Waals surface area contributed by atoms with Crippen molar-refractivity contribution in [2.24, 2.45) is 0 Å². The van der Waals surface area contributed by atoms with Crippen LogP contribution in [0, 0.1) is 0 Å². The lowest BCUT2D eigenvalue weighted by Crippen LogP contribution is -2.41. The number of carbonyl (C=O) groups excluding carboxylic acids is 1. The summed E-state index contributed by atoms with van der Waals surface area (Å²) >= 11 is 5.77. The Morgan fingerprint density at radius 2 is 2.08 bits per heavy atom. The van der Waals surface area contributed by atoms with E-state index in [2.05, 4.69) is 0 Å². The standard InChI is InChI=1S/C16H21ClO7/c1-10(18)21-8-14-6-13(7-15(19)24-14)23-16(20)9-22-12-4-2-11(17)3-5-12/h2-5,10,13-15,18-19H,6-9H2,1H3. The Kier molecular flexibility index (Phi) is 7.26. The molecule has 1 aromatic rings. The Labute approximate surface area is 145 Å². The van der Waals surface area contributed by atoms with Gasteiger partial charge in [-0.25, -0.2) is 4.79 Å². The lowest BCUT2D eigenvalue weighted by Gasteiger charge is -2.32. The van der Waals surface area contributed by atoms with E-state index in [1.165, 1.54) is 6.92 Å². The summed E-state index contributed by atoms with van der Waals surface area (Å²) in [6.07, 6.45) is -2.39. The molecule has 0 amide bonds. The minimum absolute atomic E-state index is 0.101. The highest BCUT2D eigenvalue weighted by Gasteiger charge is 2.31. The van der Waals surface area contributed by atoms with Crippen LogP contribution in [0.5, 0.6) is 5.75 Å². The molecule has 1 aliphatic heterocycles. The second kappa shape index (κ2) is 9.19. The molecule has 1 fully saturated rings. The highest BCUT2D eigenvalue weighted by molar-refractivity contribution is 6.30. The zero-order valence-corrected chi connectivity index (χ0v) is 14.0. The van der Waals surface area contributed by atoms with Crippen molar-refractivity contribution in [3.05, 3.63) is 29.3 Å². The highest BCUT2D eigenvalue weighted by Crippen LogP contribution is 2.22. The smallest absolute Gasteiger partial charge is 0.344 e. The van der Waals surface area contributed by atoms with E-state index in [4.69, 9.17) is 35.7 Å². The first-order valence-electron chi connectivity index (χ1n) is 7.63. The number of ether oxygens (including phenoxy) is 4. The number of aliphatic hydroxyl groups is 2. The van der Waals surface area contributed by atoms with Gasteiger partial charge in [0.1, 0.15) is 11.9 Å². The molecule has 1 aromatic carbocycles. The van der Waals surface area contributed by atoms with Crippen LogP contribution in [0.2, 0.25) is 5.02 Å². The molecule has 0 spiro atoms. The van der Waals surface area contributed by atoms with Crippen molar-refractivity contribution in [2.75, 3.05) is 13.2 Å². The van der Waals surface area contributed by atoms with E-state index in [9.17, 15) is 9.90 Å². The SMILES string of the molecule is CC(O)OCC1CC(OC(=O)COc2ccc(Cl)cc2)CC(O)O1. The van der Waals surface area contributed by atoms with Crippen LogP contribution in [0.15, 0.2) is 24.3 Å². The molecule has 7 nitrogen and oxygen atoms in total. The summed E-state index contributed by atoms with van der Waals surface area (Å²) < 4.78 is 20.9. The molecule has 2 rings (SSSR count). The van der Waals surface area contributed by atoms with Crippen LogP contribution >= 0.6 is 11.6 Å². The molecule has 1 aliphatic rings. The second-order valence-corrected chi connectivity index (χ2v) is 5.91. The summed E-state index contributed by atoms with van der Waals surface area (Å²) in [7, 11) is 0. The van der Waals surface area contributed by atoms with E-state index in [1.807, 2.05) is 0 Å². The van der Waals surface area contributed by atoms with Gasteiger partial charge in [0.25, 0.3) is 0 Å². The van der Waals surface area contributed by atoms with E-state index < -0.39 is 30.8 Å². The topological polar surface area (TPSA) is 94.5 Å². The van der Waals surface area contributed by atoms with Gasteiger partial charge in [0, 0.05) is 17.9 Å². The molecule has 0 bridgehead atoms. The van der Waals surface area contributed by atoms with Gasteiger partial charge in [0.15, 0.2) is 19.2 Å². The third-order valence-electron chi connectivity index (χ3n) is 3.33. The summed E-state index contributed by atoms with van der Waals surface area (Å²) in [4.78, 5) is 11.9. The fourth-order valence-corrected chi connectivity index (χ4v) is 2.42. The zero-order chi connectivity index (χ0) is 17.5. The Hall–Kier alpha value is -1.38. The number of carbonyl (C=O) groups is 1. The summed E-state index contributed by atoms with van der Waals surface area (Å²) in [6.45, 7) is 1.33. The van der Waals surface area contributed by atoms with Crippen molar-refractivity contribution < 1.29 is 34.0 Å². The average molecular weight is 361 g/mol. The van der Waals surface area contributed by atoms with Crippen molar-refractivity contribution >= 4 is 17.6 Å². The number of hydrogen-bond acceptors (Lipinski definition) is 7. The fraction of sp³-hybridized carbons (Fsp3) is 0.562. The van der Waals surface area contributed by atoms with Crippen LogP contribution in [-0.2, 0) is 19.0 Å². The minimum atomic E-state index is -1.05. The van der Waals surface area contributed by atoms with Crippen molar-refractivity contribution in [3.8, 4) is 5.75 Å². The van der Waals surface area contributed by atoms with Gasteiger partial charge in [0.05, 0.1) is 12.7 Å². The van der Waals surface area contributed by atoms with Crippen molar-refractivity contribution in [3.63, 3.8) is 0 Å². The van der Waals surface area contributed by atoms with E-state index >= 15 is 0 Å². The fourth-order valence-electron chi connectivity index (χ4n) is 2.29. The van der Waals surface area contributed by atoms with E-state index in [-0.39, 0.29) is 19.6 Å². The monoisotopic (exact) mass is 360 g/mol. The number of rotatable bonds is 7. The molecule has 1 heterocycles. The molecule has 0 radical (unpaired) electrons. The summed E-state index contributed by atoms with van der Waals surface area (Å²) in [6, 6.07) is 6.61. The van der Waals surface area contributed by atoms with Gasteiger partial charge in [0.2, 0.25) is 0 Å². The van der Waals surface area contributed by atoms with E-state index in [0.29, 0.717) is 17.2 Å². The summed E-state index contributed by atoms with van der Waals surface area (Å²) in [5, 5.41) is 19.4. The van der Waals surface area contributed by atoms with Gasteiger partial charge in [-0.15, -0.1) is 0 Å². The van der Waals surface area contributed by atoms with Crippen molar-refractivity contribution in [1.82, 2.24) is 0 Å². The first-order chi connectivity index (χ1) is 11.4. The number of benzene rings is 1. The van der Waals surface area contributed by atoms with Gasteiger partial charge in [-0.2, -0.15) is 0 Å². The summed E-state index contributed by atoms with van der Waals surface area (Å²) in [5.74, 6) is -0.0363. The maximum absolute atomic E-state index is 11.9. The molecule has 4 atom stereocenters. The van der Waals surface area contributed by atoms with Crippen molar-refractivity contribution in [1.29, 1.82) is 0 Å². The Balaban J connectivity index is 1.76. The Morgan fingerprint density at radius 3 is 2.75 bits per heavy atom. The van der Waals surface area contributed by atoms with Crippen LogP contribution in [0.3, 0.4) is 0 Å². The maximum Gasteiger partial charge on any atom is 0.344 e. The predicted molar refractivity (Wildman–Crippen MR) is 84.6 cm³/mol. The van der Waals surface area contributed by atoms with Crippen LogP contribution in [-0.4, -0.2) is 54.2 Å². The molecule has 8 heteroatoms. The normalized spacial score (nSPS) is 25.1. The maximum atomic E-state index is 11.9. The number of hydrogen-bond donors (Lipinski definition) is 2. The molecule has 4 unspecified atom stereocenters. The van der Waals surface area contributed by atoms with Crippen LogP contribution in [0.1, 0.15) is 19.8 Å².